The first kappa shape index (κ1) is 14.0. The smallest absolute Gasteiger partial charge is 0.396 e. The van der Waals surface area contributed by atoms with Crippen molar-refractivity contribution < 1.29 is 19.1 Å². The minimum atomic E-state index is -0.844. The highest BCUT2D eigenvalue weighted by Crippen LogP contribution is 2.13. The molecule has 0 aliphatic heterocycles. The van der Waals surface area contributed by atoms with Crippen LogP contribution in [0.25, 0.3) is 0 Å². The second-order valence-corrected chi connectivity index (χ2v) is 3.82. The normalized spacial score (nSPS) is 9.72. The number of hydrogen-bond acceptors (Lipinski definition) is 4. The Balaban J connectivity index is 2.54. The summed E-state index contributed by atoms with van der Waals surface area (Å²) in [5, 5.41) is 0. The molecular formula is C13H17NO4. The Bertz CT molecular complexity index is 431. The van der Waals surface area contributed by atoms with Gasteiger partial charge in [-0.25, -0.2) is 4.79 Å². The van der Waals surface area contributed by atoms with E-state index in [1.54, 1.807) is 14.2 Å². The van der Waals surface area contributed by atoms with E-state index in [4.69, 9.17) is 4.74 Å². The van der Waals surface area contributed by atoms with Crippen LogP contribution in [0.4, 0.5) is 0 Å². The van der Waals surface area contributed by atoms with E-state index < -0.39 is 11.9 Å². The Kier molecular flexibility index (Phi) is 5.17. The number of amides is 1. The van der Waals surface area contributed by atoms with Crippen LogP contribution in [0.15, 0.2) is 24.3 Å². The molecule has 1 aromatic rings. The maximum Gasteiger partial charge on any atom is 0.396 e. The summed E-state index contributed by atoms with van der Waals surface area (Å²) in [5.41, 5.74) is 1.04. The van der Waals surface area contributed by atoms with E-state index >= 15 is 0 Å². The summed E-state index contributed by atoms with van der Waals surface area (Å²) >= 11 is 0. The molecule has 1 aromatic carbocycles. The van der Waals surface area contributed by atoms with Crippen LogP contribution in [0.3, 0.4) is 0 Å². The molecule has 0 unspecified atom stereocenters. The SMILES string of the molecule is COC(=O)C(=O)N(C)CCc1cccc(OC)c1. The number of rotatable bonds is 4. The first-order valence-electron chi connectivity index (χ1n) is 5.54. The number of hydrogen-bond donors (Lipinski definition) is 0. The van der Waals surface area contributed by atoms with Gasteiger partial charge in [0, 0.05) is 13.6 Å². The van der Waals surface area contributed by atoms with Crippen LogP contribution in [0, 0.1) is 0 Å². The van der Waals surface area contributed by atoms with Crippen molar-refractivity contribution in [2.45, 2.75) is 6.42 Å². The van der Waals surface area contributed by atoms with E-state index in [1.807, 2.05) is 24.3 Å². The second kappa shape index (κ2) is 6.64. The maximum atomic E-state index is 11.4. The number of esters is 1. The molecule has 0 aromatic heterocycles. The Morgan fingerprint density at radius 3 is 2.61 bits per heavy atom. The Labute approximate surface area is 106 Å². The number of carbonyl (C=O) groups excluding carboxylic acids is 2. The fraction of sp³-hybridized carbons (Fsp3) is 0.385. The highest BCUT2D eigenvalue weighted by atomic mass is 16.5. The zero-order valence-electron chi connectivity index (χ0n) is 10.8. The number of carbonyl (C=O) groups is 2. The van der Waals surface area contributed by atoms with E-state index in [9.17, 15) is 9.59 Å². The van der Waals surface area contributed by atoms with Gasteiger partial charge in [-0.05, 0) is 24.1 Å². The molecule has 0 radical (unpaired) electrons. The fourth-order valence-corrected chi connectivity index (χ4v) is 1.47. The van der Waals surface area contributed by atoms with Gasteiger partial charge >= 0.3 is 11.9 Å². The zero-order valence-corrected chi connectivity index (χ0v) is 10.8. The quantitative estimate of drug-likeness (QED) is 0.588. The predicted octanol–water partition coefficient (Wildman–Crippen LogP) is 0.869. The monoisotopic (exact) mass is 251 g/mol. The zero-order chi connectivity index (χ0) is 13.5. The van der Waals surface area contributed by atoms with Crippen LogP contribution in [0.1, 0.15) is 5.56 Å². The molecule has 0 saturated carbocycles. The summed E-state index contributed by atoms with van der Waals surface area (Å²) in [4.78, 5) is 23.8. The maximum absolute atomic E-state index is 11.4. The molecule has 98 valence electrons. The topological polar surface area (TPSA) is 55.8 Å². The van der Waals surface area contributed by atoms with Crippen molar-refractivity contribution in [3.05, 3.63) is 29.8 Å². The lowest BCUT2D eigenvalue weighted by atomic mass is 10.1. The molecular weight excluding hydrogens is 234 g/mol. The van der Waals surface area contributed by atoms with Crippen LogP contribution in [0.5, 0.6) is 5.75 Å². The summed E-state index contributed by atoms with van der Waals surface area (Å²) < 4.78 is 9.48. The lowest BCUT2D eigenvalue weighted by Gasteiger charge is -2.15. The van der Waals surface area contributed by atoms with Gasteiger partial charge in [-0.15, -0.1) is 0 Å². The van der Waals surface area contributed by atoms with E-state index in [0.717, 1.165) is 11.3 Å². The van der Waals surface area contributed by atoms with Gasteiger partial charge in [-0.2, -0.15) is 0 Å². The molecule has 1 amide bonds. The Morgan fingerprint density at radius 2 is 2.00 bits per heavy atom. The van der Waals surface area contributed by atoms with E-state index in [2.05, 4.69) is 4.74 Å². The van der Waals surface area contributed by atoms with E-state index in [0.29, 0.717) is 13.0 Å². The summed E-state index contributed by atoms with van der Waals surface area (Å²) in [6.07, 6.45) is 0.649. The minimum absolute atomic E-state index is 0.446. The molecule has 0 N–H and O–H groups in total. The third kappa shape index (κ3) is 3.76. The Hall–Kier alpha value is -2.04. The largest absolute Gasteiger partial charge is 0.497 e. The highest BCUT2D eigenvalue weighted by Gasteiger charge is 2.18. The lowest BCUT2D eigenvalue weighted by Crippen LogP contribution is -2.35. The highest BCUT2D eigenvalue weighted by molar-refractivity contribution is 6.32. The first-order valence-corrected chi connectivity index (χ1v) is 5.54. The van der Waals surface area contributed by atoms with Crippen LogP contribution in [-0.4, -0.2) is 44.6 Å². The van der Waals surface area contributed by atoms with Gasteiger partial charge in [-0.1, -0.05) is 12.1 Å². The van der Waals surface area contributed by atoms with Gasteiger partial charge in [0.1, 0.15) is 5.75 Å². The molecule has 0 saturated heterocycles. The van der Waals surface area contributed by atoms with Crippen molar-refractivity contribution in [3.8, 4) is 5.75 Å². The van der Waals surface area contributed by atoms with Crippen LogP contribution in [0.2, 0.25) is 0 Å². The Morgan fingerprint density at radius 1 is 1.28 bits per heavy atom. The molecule has 18 heavy (non-hydrogen) atoms. The second-order valence-electron chi connectivity index (χ2n) is 3.82. The third-order valence-corrected chi connectivity index (χ3v) is 2.58. The van der Waals surface area contributed by atoms with E-state index in [1.165, 1.54) is 12.0 Å². The molecule has 0 aliphatic carbocycles. The average Bonchev–Trinajstić information content (AvgIpc) is 2.43. The van der Waals surface area contributed by atoms with Crippen molar-refractivity contribution in [1.82, 2.24) is 4.90 Å². The third-order valence-electron chi connectivity index (χ3n) is 2.58. The van der Waals surface area contributed by atoms with Crippen molar-refractivity contribution in [2.24, 2.45) is 0 Å². The average molecular weight is 251 g/mol. The molecule has 0 fully saturated rings. The van der Waals surface area contributed by atoms with Crippen LogP contribution < -0.4 is 4.74 Å². The summed E-state index contributed by atoms with van der Waals surface area (Å²) in [7, 11) is 4.36. The number of benzene rings is 1. The number of nitrogens with zero attached hydrogens (tertiary/aromatic N) is 1. The summed E-state index contributed by atoms with van der Waals surface area (Å²) in [6.45, 7) is 0.446. The van der Waals surface area contributed by atoms with Crippen molar-refractivity contribution in [1.29, 1.82) is 0 Å². The lowest BCUT2D eigenvalue weighted by molar-refractivity contribution is -0.157. The molecule has 1 rings (SSSR count). The predicted molar refractivity (Wildman–Crippen MR) is 66.4 cm³/mol. The van der Waals surface area contributed by atoms with Gasteiger partial charge in [0.05, 0.1) is 14.2 Å². The van der Waals surface area contributed by atoms with Crippen molar-refractivity contribution in [3.63, 3.8) is 0 Å². The first-order chi connectivity index (χ1) is 8.58. The standard InChI is InChI=1S/C13H17NO4/c1-14(12(15)13(16)18-3)8-7-10-5-4-6-11(9-10)17-2/h4-6,9H,7-8H2,1-3H3. The number of methoxy groups -OCH3 is 2. The van der Waals surface area contributed by atoms with E-state index in [-0.39, 0.29) is 0 Å². The number of likely N-dealkylation sites (N-methyl/N-ethyl adjacent to an activating group) is 1. The molecule has 0 spiro atoms. The van der Waals surface area contributed by atoms with Gasteiger partial charge in [0.25, 0.3) is 0 Å². The van der Waals surface area contributed by atoms with Gasteiger partial charge in [-0.3, -0.25) is 4.79 Å². The van der Waals surface area contributed by atoms with Crippen LogP contribution >= 0.6 is 0 Å². The van der Waals surface area contributed by atoms with Gasteiger partial charge in [0.15, 0.2) is 0 Å². The number of ether oxygens (including phenoxy) is 2. The van der Waals surface area contributed by atoms with Gasteiger partial charge < -0.3 is 14.4 Å². The molecule has 5 heteroatoms. The van der Waals surface area contributed by atoms with Crippen molar-refractivity contribution in [2.75, 3.05) is 27.8 Å². The molecule has 0 aliphatic rings. The molecule has 5 nitrogen and oxygen atoms in total. The molecule has 0 heterocycles. The molecule has 0 atom stereocenters. The summed E-state index contributed by atoms with van der Waals surface area (Å²) in [5.74, 6) is -0.710. The minimum Gasteiger partial charge on any atom is -0.497 e. The fourth-order valence-electron chi connectivity index (χ4n) is 1.47. The molecule has 0 bridgehead atoms. The van der Waals surface area contributed by atoms with Crippen LogP contribution in [-0.2, 0) is 20.7 Å². The summed E-state index contributed by atoms with van der Waals surface area (Å²) in [6, 6.07) is 7.58. The van der Waals surface area contributed by atoms with Crippen molar-refractivity contribution >= 4 is 11.9 Å². The van der Waals surface area contributed by atoms with Gasteiger partial charge in [0.2, 0.25) is 0 Å².